The third kappa shape index (κ3) is 3.70. The molecule has 3 aromatic rings. The minimum absolute atomic E-state index is 0.0414. The molecule has 1 heterocycles. The molecule has 8 heteroatoms. The summed E-state index contributed by atoms with van der Waals surface area (Å²) in [6.07, 6.45) is 1.45. The van der Waals surface area contributed by atoms with Gasteiger partial charge in [-0.05, 0) is 36.4 Å². The van der Waals surface area contributed by atoms with Gasteiger partial charge in [-0.2, -0.15) is 5.26 Å². The molecule has 2 N–H and O–H groups in total. The highest BCUT2D eigenvalue weighted by atomic mass is 35.5. The summed E-state index contributed by atoms with van der Waals surface area (Å²) in [4.78, 5) is 12.1. The zero-order chi connectivity index (χ0) is 19.6. The van der Waals surface area contributed by atoms with Crippen molar-refractivity contribution in [2.75, 3.05) is 12.8 Å². The van der Waals surface area contributed by atoms with Gasteiger partial charge in [-0.3, -0.25) is 0 Å². The van der Waals surface area contributed by atoms with Crippen LogP contribution >= 0.6 is 23.2 Å². The fraction of sp³-hybridized carbons (Fsp3) is 0.0526. The quantitative estimate of drug-likeness (QED) is 0.632. The Kier molecular flexibility index (Phi) is 5.26. The van der Waals surface area contributed by atoms with Crippen LogP contribution in [0.3, 0.4) is 0 Å². The maximum atomic E-state index is 12.1. The van der Waals surface area contributed by atoms with E-state index in [2.05, 4.69) is 0 Å². The molecule has 0 unspecified atom stereocenters. The van der Waals surface area contributed by atoms with Crippen molar-refractivity contribution >= 4 is 34.9 Å². The summed E-state index contributed by atoms with van der Waals surface area (Å²) < 4.78 is 12.0. The van der Waals surface area contributed by atoms with E-state index < -0.39 is 5.97 Å². The van der Waals surface area contributed by atoms with Gasteiger partial charge in [0.25, 0.3) is 0 Å². The Hall–Kier alpha value is -3.14. The molecule has 2 aromatic carbocycles. The maximum Gasteiger partial charge on any atom is 0.357 e. The Balaban J connectivity index is 2.01. The Morgan fingerprint density at radius 2 is 2.00 bits per heavy atom. The van der Waals surface area contributed by atoms with E-state index in [-0.39, 0.29) is 16.9 Å². The number of carbonyl (C=O) groups is 1. The van der Waals surface area contributed by atoms with Crippen molar-refractivity contribution < 1.29 is 14.3 Å². The molecule has 136 valence electrons. The average Bonchev–Trinajstić information content (AvgIpc) is 2.99. The van der Waals surface area contributed by atoms with E-state index in [4.69, 9.17) is 38.4 Å². The fourth-order valence-corrected chi connectivity index (χ4v) is 2.89. The summed E-state index contributed by atoms with van der Waals surface area (Å²) in [5.41, 5.74) is 6.67. The van der Waals surface area contributed by atoms with Gasteiger partial charge in [-0.25, -0.2) is 4.79 Å². The maximum absolute atomic E-state index is 12.1. The van der Waals surface area contributed by atoms with Crippen LogP contribution < -0.4 is 10.5 Å². The number of anilines is 1. The van der Waals surface area contributed by atoms with Gasteiger partial charge in [0, 0.05) is 16.9 Å². The zero-order valence-corrected chi connectivity index (χ0v) is 15.6. The first kappa shape index (κ1) is 18.6. The first-order chi connectivity index (χ1) is 12.9. The van der Waals surface area contributed by atoms with Crippen LogP contribution in [0.25, 0.3) is 5.69 Å². The molecule has 0 aliphatic carbocycles. The first-order valence-corrected chi connectivity index (χ1v) is 8.42. The number of nitrogen functional groups attached to an aromatic ring is 1. The van der Waals surface area contributed by atoms with E-state index in [1.54, 1.807) is 42.5 Å². The van der Waals surface area contributed by atoms with Gasteiger partial charge in [-0.15, -0.1) is 0 Å². The molecule has 0 radical (unpaired) electrons. The van der Waals surface area contributed by atoms with Gasteiger partial charge >= 0.3 is 5.97 Å². The molecular formula is C19H13Cl2N3O3. The van der Waals surface area contributed by atoms with Gasteiger partial charge in [0.2, 0.25) is 0 Å². The SMILES string of the molecule is COC(=O)c1c(N)c(C#N)cn1-c1ccc(Oc2cccc(Cl)c2)c(Cl)c1. The number of ether oxygens (including phenoxy) is 2. The summed E-state index contributed by atoms with van der Waals surface area (Å²) >= 11 is 12.3. The highest BCUT2D eigenvalue weighted by Crippen LogP contribution is 2.33. The molecule has 0 aliphatic rings. The summed E-state index contributed by atoms with van der Waals surface area (Å²) in [6.45, 7) is 0. The highest BCUT2D eigenvalue weighted by Gasteiger charge is 2.22. The topological polar surface area (TPSA) is 90.3 Å². The monoisotopic (exact) mass is 401 g/mol. The zero-order valence-electron chi connectivity index (χ0n) is 14.1. The van der Waals surface area contributed by atoms with Crippen molar-refractivity contribution in [2.45, 2.75) is 0 Å². The lowest BCUT2D eigenvalue weighted by molar-refractivity contribution is 0.0593. The van der Waals surface area contributed by atoms with E-state index in [0.29, 0.717) is 27.2 Å². The number of benzene rings is 2. The lowest BCUT2D eigenvalue weighted by Crippen LogP contribution is -2.11. The molecule has 0 saturated carbocycles. The molecule has 27 heavy (non-hydrogen) atoms. The predicted molar refractivity (Wildman–Crippen MR) is 103 cm³/mol. The lowest BCUT2D eigenvalue weighted by atomic mass is 10.2. The summed E-state index contributed by atoms with van der Waals surface area (Å²) in [5, 5.41) is 10.0. The number of hydrogen-bond acceptors (Lipinski definition) is 5. The molecule has 0 spiro atoms. The lowest BCUT2D eigenvalue weighted by Gasteiger charge is -2.12. The molecule has 0 amide bonds. The van der Waals surface area contributed by atoms with Crippen LogP contribution in [0.2, 0.25) is 10.0 Å². The van der Waals surface area contributed by atoms with Crippen LogP contribution in [0.15, 0.2) is 48.7 Å². The number of esters is 1. The van der Waals surface area contributed by atoms with Crippen LogP contribution in [0, 0.1) is 11.3 Å². The number of carbonyl (C=O) groups excluding carboxylic acids is 1. The molecule has 0 fully saturated rings. The smallest absolute Gasteiger partial charge is 0.357 e. The number of nitrogens with zero attached hydrogens (tertiary/aromatic N) is 2. The Bertz CT molecular complexity index is 1070. The second-order valence-corrected chi connectivity index (χ2v) is 6.30. The fourth-order valence-electron chi connectivity index (χ4n) is 2.50. The van der Waals surface area contributed by atoms with Gasteiger partial charge in [0.1, 0.15) is 17.6 Å². The second kappa shape index (κ2) is 7.62. The van der Waals surface area contributed by atoms with Crippen molar-refractivity contribution in [1.82, 2.24) is 4.57 Å². The number of methoxy groups -OCH3 is 1. The van der Waals surface area contributed by atoms with Crippen molar-refractivity contribution in [3.63, 3.8) is 0 Å². The molecule has 0 bridgehead atoms. The number of hydrogen-bond donors (Lipinski definition) is 1. The highest BCUT2D eigenvalue weighted by molar-refractivity contribution is 6.32. The number of aromatic nitrogens is 1. The largest absolute Gasteiger partial charge is 0.464 e. The molecule has 0 atom stereocenters. The van der Waals surface area contributed by atoms with Gasteiger partial charge in [-0.1, -0.05) is 29.3 Å². The van der Waals surface area contributed by atoms with Gasteiger partial charge in [0.05, 0.1) is 23.4 Å². The van der Waals surface area contributed by atoms with E-state index in [1.165, 1.54) is 17.9 Å². The molecule has 0 aliphatic heterocycles. The van der Waals surface area contributed by atoms with Crippen LogP contribution in [0.1, 0.15) is 16.1 Å². The predicted octanol–water partition coefficient (Wildman–Crippen LogP) is 4.82. The van der Waals surface area contributed by atoms with Gasteiger partial charge < -0.3 is 19.8 Å². The molecule has 1 aromatic heterocycles. The molecule has 6 nitrogen and oxygen atoms in total. The normalized spacial score (nSPS) is 10.3. The van der Waals surface area contributed by atoms with Crippen LogP contribution in [0.4, 0.5) is 5.69 Å². The Labute approximate surface area is 165 Å². The van der Waals surface area contributed by atoms with Crippen molar-refractivity contribution in [2.24, 2.45) is 0 Å². The van der Waals surface area contributed by atoms with E-state index in [0.717, 1.165) is 0 Å². The van der Waals surface area contributed by atoms with Crippen molar-refractivity contribution in [3.05, 3.63) is 70.0 Å². The summed E-state index contributed by atoms with van der Waals surface area (Å²) in [5.74, 6) is 0.275. The summed E-state index contributed by atoms with van der Waals surface area (Å²) in [6, 6.07) is 13.8. The van der Waals surface area contributed by atoms with Crippen LogP contribution in [-0.2, 0) is 4.74 Å². The molecule has 3 rings (SSSR count). The number of nitriles is 1. The molecular weight excluding hydrogens is 389 g/mol. The first-order valence-electron chi connectivity index (χ1n) is 7.67. The summed E-state index contributed by atoms with van der Waals surface area (Å²) in [7, 11) is 1.24. The van der Waals surface area contributed by atoms with Crippen molar-refractivity contribution in [1.29, 1.82) is 5.26 Å². The number of nitrogens with two attached hydrogens (primary N) is 1. The molecule has 0 saturated heterocycles. The van der Waals surface area contributed by atoms with Gasteiger partial charge in [0.15, 0.2) is 5.69 Å². The van der Waals surface area contributed by atoms with Crippen molar-refractivity contribution in [3.8, 4) is 23.3 Å². The minimum Gasteiger partial charge on any atom is -0.464 e. The van der Waals surface area contributed by atoms with Crippen LogP contribution in [0.5, 0.6) is 11.5 Å². The van der Waals surface area contributed by atoms with Crippen LogP contribution in [-0.4, -0.2) is 17.6 Å². The Morgan fingerprint density at radius 3 is 2.63 bits per heavy atom. The average molecular weight is 402 g/mol. The third-order valence-corrected chi connectivity index (χ3v) is 4.29. The second-order valence-electron chi connectivity index (χ2n) is 5.45. The third-order valence-electron chi connectivity index (χ3n) is 3.76. The van der Waals surface area contributed by atoms with E-state index in [1.807, 2.05) is 6.07 Å². The standard InChI is InChI=1S/C19H13Cl2N3O3/c1-26-19(25)18-17(23)11(9-22)10-24(18)13-5-6-16(15(21)8-13)27-14-4-2-3-12(20)7-14/h2-8,10H,23H2,1H3. The number of rotatable bonds is 4. The number of halogens is 2. The minimum atomic E-state index is -0.663. The van der Waals surface area contributed by atoms with E-state index in [9.17, 15) is 10.1 Å². The van der Waals surface area contributed by atoms with E-state index >= 15 is 0 Å². The Morgan fingerprint density at radius 1 is 1.22 bits per heavy atom.